The molecule has 3 N–H and O–H groups in total. The van der Waals surface area contributed by atoms with Gasteiger partial charge < -0.3 is 15.8 Å². The van der Waals surface area contributed by atoms with Gasteiger partial charge in [-0.05, 0) is 12.5 Å². The number of benzene rings is 1. The van der Waals surface area contributed by atoms with Crippen LogP contribution in [0, 0.1) is 0 Å². The number of methoxy groups -OCH3 is 1. The fourth-order valence-electron chi connectivity index (χ4n) is 1.84. The summed E-state index contributed by atoms with van der Waals surface area (Å²) < 4.78 is 5.09. The van der Waals surface area contributed by atoms with Gasteiger partial charge in [0, 0.05) is 30.8 Å². The smallest absolute Gasteiger partial charge is 0.225 e. The summed E-state index contributed by atoms with van der Waals surface area (Å²) in [6, 6.07) is 7.56. The third kappa shape index (κ3) is 4.85. The zero-order chi connectivity index (χ0) is 13.4. The van der Waals surface area contributed by atoms with E-state index in [4.69, 9.17) is 10.5 Å². The fraction of sp³-hybridized carbons (Fsp3) is 0.500. The van der Waals surface area contributed by atoms with Crippen LogP contribution in [0.15, 0.2) is 24.3 Å². The molecule has 0 aliphatic rings. The van der Waals surface area contributed by atoms with Gasteiger partial charge in [-0.15, -0.1) is 0 Å². The quantitative estimate of drug-likeness (QED) is 0.780. The maximum atomic E-state index is 11.8. The van der Waals surface area contributed by atoms with Crippen LogP contribution in [0.2, 0.25) is 0 Å². The van der Waals surface area contributed by atoms with E-state index in [1.165, 1.54) is 0 Å². The molecule has 4 nitrogen and oxygen atoms in total. The topological polar surface area (TPSA) is 64.4 Å². The number of para-hydroxylation sites is 1. The molecule has 0 fully saturated rings. The molecular formula is C14H22N2O2. The molecule has 1 atom stereocenters. The number of nitrogens with two attached hydrogens (primary N) is 1. The highest BCUT2D eigenvalue weighted by atomic mass is 16.5. The summed E-state index contributed by atoms with van der Waals surface area (Å²) in [5.74, 6) is -0.0421. The molecule has 1 amide bonds. The molecule has 0 bridgehead atoms. The number of hydrogen-bond acceptors (Lipinski definition) is 3. The maximum absolute atomic E-state index is 11.8. The Kier molecular flexibility index (Phi) is 6.39. The van der Waals surface area contributed by atoms with Crippen molar-refractivity contribution in [2.24, 2.45) is 5.73 Å². The van der Waals surface area contributed by atoms with E-state index in [1.807, 2.05) is 24.3 Å². The van der Waals surface area contributed by atoms with Crippen LogP contribution in [-0.4, -0.2) is 19.1 Å². The van der Waals surface area contributed by atoms with Crippen molar-refractivity contribution in [2.75, 3.05) is 12.4 Å². The largest absolute Gasteiger partial charge is 0.380 e. The molecule has 1 unspecified atom stereocenters. The van der Waals surface area contributed by atoms with E-state index in [1.54, 1.807) is 7.11 Å². The highest BCUT2D eigenvalue weighted by Crippen LogP contribution is 2.16. The number of carbonyl (C=O) groups excluding carboxylic acids is 1. The second kappa shape index (κ2) is 7.84. The number of ether oxygens (including phenoxy) is 1. The van der Waals surface area contributed by atoms with E-state index in [0.717, 1.165) is 24.1 Å². The average molecular weight is 250 g/mol. The number of nitrogens with one attached hydrogen (secondary N) is 1. The van der Waals surface area contributed by atoms with Gasteiger partial charge >= 0.3 is 0 Å². The Bertz CT molecular complexity index is 380. The Morgan fingerprint density at radius 2 is 2.17 bits per heavy atom. The van der Waals surface area contributed by atoms with Gasteiger partial charge in [0.2, 0.25) is 5.91 Å². The summed E-state index contributed by atoms with van der Waals surface area (Å²) in [5.41, 5.74) is 7.62. The molecule has 0 spiro atoms. The summed E-state index contributed by atoms with van der Waals surface area (Å²) in [4.78, 5) is 11.8. The summed E-state index contributed by atoms with van der Waals surface area (Å²) in [5, 5.41) is 2.89. The Balaban J connectivity index is 2.58. The molecule has 100 valence electrons. The van der Waals surface area contributed by atoms with Gasteiger partial charge in [-0.2, -0.15) is 0 Å². The Morgan fingerprint density at radius 1 is 1.44 bits per heavy atom. The van der Waals surface area contributed by atoms with Crippen molar-refractivity contribution in [3.8, 4) is 0 Å². The van der Waals surface area contributed by atoms with E-state index in [9.17, 15) is 4.79 Å². The molecule has 0 aliphatic heterocycles. The van der Waals surface area contributed by atoms with Crippen LogP contribution < -0.4 is 11.1 Å². The van der Waals surface area contributed by atoms with Gasteiger partial charge in [0.1, 0.15) is 0 Å². The van der Waals surface area contributed by atoms with Crippen LogP contribution >= 0.6 is 0 Å². The van der Waals surface area contributed by atoms with Crippen LogP contribution in [0.5, 0.6) is 0 Å². The number of rotatable bonds is 7. The Labute approximate surface area is 109 Å². The second-order valence-electron chi connectivity index (χ2n) is 4.39. The first kappa shape index (κ1) is 14.7. The predicted octanol–water partition coefficient (Wildman–Crippen LogP) is 2.29. The average Bonchev–Trinajstić information content (AvgIpc) is 2.32. The minimum absolute atomic E-state index is 0.0421. The zero-order valence-electron chi connectivity index (χ0n) is 11.1. The fourth-order valence-corrected chi connectivity index (χ4v) is 1.84. The van der Waals surface area contributed by atoms with Gasteiger partial charge in [-0.25, -0.2) is 0 Å². The zero-order valence-corrected chi connectivity index (χ0v) is 11.1. The number of carbonyl (C=O) groups is 1. The van der Waals surface area contributed by atoms with Gasteiger partial charge in [-0.1, -0.05) is 31.5 Å². The second-order valence-corrected chi connectivity index (χ2v) is 4.39. The first-order chi connectivity index (χ1) is 8.67. The molecule has 0 radical (unpaired) electrons. The third-order valence-corrected chi connectivity index (χ3v) is 2.70. The lowest BCUT2D eigenvalue weighted by molar-refractivity contribution is -0.116. The lowest BCUT2D eigenvalue weighted by Gasteiger charge is -2.13. The monoisotopic (exact) mass is 250 g/mol. The molecule has 1 rings (SSSR count). The van der Waals surface area contributed by atoms with E-state index < -0.39 is 0 Å². The molecule has 1 aromatic carbocycles. The summed E-state index contributed by atoms with van der Waals surface area (Å²) in [6.45, 7) is 2.54. The van der Waals surface area contributed by atoms with Crippen molar-refractivity contribution in [3.63, 3.8) is 0 Å². The molecule has 0 saturated heterocycles. The Morgan fingerprint density at radius 3 is 2.83 bits per heavy atom. The summed E-state index contributed by atoms with van der Waals surface area (Å²) in [7, 11) is 1.63. The predicted molar refractivity (Wildman–Crippen MR) is 73.3 cm³/mol. The van der Waals surface area contributed by atoms with E-state index >= 15 is 0 Å². The molecule has 0 aliphatic carbocycles. The summed E-state index contributed by atoms with van der Waals surface area (Å²) in [6.07, 6.45) is 2.22. The first-order valence-corrected chi connectivity index (χ1v) is 6.29. The minimum atomic E-state index is -0.0652. The van der Waals surface area contributed by atoms with Crippen molar-refractivity contribution < 1.29 is 9.53 Å². The van der Waals surface area contributed by atoms with Crippen LogP contribution in [0.25, 0.3) is 0 Å². The molecular weight excluding hydrogens is 228 g/mol. The number of hydrogen-bond donors (Lipinski definition) is 2. The van der Waals surface area contributed by atoms with Crippen LogP contribution in [0.4, 0.5) is 5.69 Å². The summed E-state index contributed by atoms with van der Waals surface area (Å²) >= 11 is 0. The van der Waals surface area contributed by atoms with Crippen molar-refractivity contribution in [1.29, 1.82) is 0 Å². The highest BCUT2D eigenvalue weighted by molar-refractivity contribution is 5.91. The standard InChI is InChI=1S/C14H22N2O2/c1-3-6-12(15)9-14(17)16-13-8-5-4-7-11(13)10-18-2/h4-5,7-8,12H,3,6,9-10,15H2,1-2H3,(H,16,17). The van der Waals surface area contributed by atoms with Crippen molar-refractivity contribution in [2.45, 2.75) is 38.8 Å². The van der Waals surface area contributed by atoms with Crippen LogP contribution in [0.3, 0.4) is 0 Å². The number of anilines is 1. The lowest BCUT2D eigenvalue weighted by atomic mass is 10.1. The normalized spacial score (nSPS) is 12.2. The van der Waals surface area contributed by atoms with Gasteiger partial charge in [0.05, 0.1) is 6.61 Å². The van der Waals surface area contributed by atoms with E-state index in [2.05, 4.69) is 12.2 Å². The van der Waals surface area contributed by atoms with E-state index in [-0.39, 0.29) is 11.9 Å². The molecule has 1 aromatic rings. The number of amides is 1. The van der Waals surface area contributed by atoms with Crippen LogP contribution in [0.1, 0.15) is 31.7 Å². The van der Waals surface area contributed by atoms with E-state index in [0.29, 0.717) is 13.0 Å². The first-order valence-electron chi connectivity index (χ1n) is 6.29. The molecule has 18 heavy (non-hydrogen) atoms. The van der Waals surface area contributed by atoms with Crippen LogP contribution in [-0.2, 0) is 16.1 Å². The van der Waals surface area contributed by atoms with Gasteiger partial charge in [0.25, 0.3) is 0 Å². The SMILES string of the molecule is CCCC(N)CC(=O)Nc1ccccc1COC. The molecule has 0 saturated carbocycles. The van der Waals surface area contributed by atoms with Crippen molar-refractivity contribution in [3.05, 3.63) is 29.8 Å². The molecule has 0 aromatic heterocycles. The lowest BCUT2D eigenvalue weighted by Crippen LogP contribution is -2.27. The van der Waals surface area contributed by atoms with Gasteiger partial charge in [0.15, 0.2) is 0 Å². The van der Waals surface area contributed by atoms with Gasteiger partial charge in [-0.3, -0.25) is 4.79 Å². The van der Waals surface area contributed by atoms with Crippen molar-refractivity contribution >= 4 is 11.6 Å². The third-order valence-electron chi connectivity index (χ3n) is 2.70. The molecule has 0 heterocycles. The highest BCUT2D eigenvalue weighted by Gasteiger charge is 2.10. The maximum Gasteiger partial charge on any atom is 0.225 e. The Hall–Kier alpha value is -1.39. The minimum Gasteiger partial charge on any atom is -0.380 e. The molecule has 4 heteroatoms. The van der Waals surface area contributed by atoms with Crippen molar-refractivity contribution in [1.82, 2.24) is 0 Å².